The second kappa shape index (κ2) is 10.2. The number of carbonyl (C=O) groups is 3. The number of urea groups is 1. The van der Waals surface area contributed by atoms with E-state index in [2.05, 4.69) is 10.6 Å². The molecule has 0 aromatic heterocycles. The number of hydrogen-bond acceptors (Lipinski definition) is 5. The van der Waals surface area contributed by atoms with Crippen LogP contribution in [0.3, 0.4) is 0 Å². The van der Waals surface area contributed by atoms with Crippen molar-refractivity contribution in [3.05, 3.63) is 48.5 Å². The average Bonchev–Trinajstić information content (AvgIpc) is 3.37. The molecule has 0 bridgehead atoms. The molecule has 2 aromatic carbocycles. The predicted octanol–water partition coefficient (Wildman–Crippen LogP) is 3.54. The monoisotopic (exact) mass is 478 g/mol. The van der Waals surface area contributed by atoms with Crippen molar-refractivity contribution in [2.75, 3.05) is 43.6 Å². The molecule has 35 heavy (non-hydrogen) atoms. The molecular weight excluding hydrogens is 448 g/mol. The fourth-order valence-corrected chi connectivity index (χ4v) is 4.89. The van der Waals surface area contributed by atoms with E-state index in [9.17, 15) is 14.4 Å². The van der Waals surface area contributed by atoms with Crippen molar-refractivity contribution in [3.63, 3.8) is 0 Å². The molecule has 2 N–H and O–H groups in total. The van der Waals surface area contributed by atoms with Gasteiger partial charge in [0.1, 0.15) is 0 Å². The third-order valence-electron chi connectivity index (χ3n) is 6.97. The summed E-state index contributed by atoms with van der Waals surface area (Å²) in [6.07, 6.45) is 2.60. The number of nitrogens with zero attached hydrogens (tertiary/aromatic N) is 2. The predicted molar refractivity (Wildman–Crippen MR) is 130 cm³/mol. The van der Waals surface area contributed by atoms with Gasteiger partial charge in [-0.3, -0.25) is 9.59 Å². The van der Waals surface area contributed by atoms with Crippen LogP contribution in [0.25, 0.3) is 0 Å². The summed E-state index contributed by atoms with van der Waals surface area (Å²) in [6.45, 7) is 2.46. The van der Waals surface area contributed by atoms with Crippen molar-refractivity contribution in [3.8, 4) is 11.5 Å². The van der Waals surface area contributed by atoms with Gasteiger partial charge in [-0.2, -0.15) is 0 Å². The zero-order valence-electron chi connectivity index (χ0n) is 19.6. The first-order valence-electron chi connectivity index (χ1n) is 12.2. The Bertz CT molecular complexity index is 1080. The molecule has 2 saturated heterocycles. The van der Waals surface area contributed by atoms with Gasteiger partial charge in [-0.15, -0.1) is 0 Å². The first-order chi connectivity index (χ1) is 17.1. The highest BCUT2D eigenvalue weighted by molar-refractivity contribution is 5.93. The Kier molecular flexibility index (Phi) is 6.74. The van der Waals surface area contributed by atoms with Gasteiger partial charge < -0.3 is 29.9 Å². The second-order valence-electron chi connectivity index (χ2n) is 9.21. The molecule has 5 rings (SSSR count). The molecule has 0 radical (unpaired) electrons. The zero-order valence-corrected chi connectivity index (χ0v) is 19.6. The van der Waals surface area contributed by atoms with Crippen LogP contribution in [0.1, 0.15) is 25.7 Å². The molecule has 3 aliphatic heterocycles. The SMILES string of the molecule is O=C(Nc1ccc2c(c1)OCO2)C1CCN(C(=O)C2CCN(C(=O)Nc3ccccc3)CC2)CC1. The van der Waals surface area contributed by atoms with E-state index in [-0.39, 0.29) is 36.5 Å². The summed E-state index contributed by atoms with van der Waals surface area (Å²) in [6, 6.07) is 14.6. The number of amides is 4. The van der Waals surface area contributed by atoms with Gasteiger partial charge in [0, 0.05) is 55.5 Å². The van der Waals surface area contributed by atoms with Gasteiger partial charge in [0.25, 0.3) is 0 Å². The number of anilines is 2. The van der Waals surface area contributed by atoms with Gasteiger partial charge in [-0.1, -0.05) is 18.2 Å². The van der Waals surface area contributed by atoms with Gasteiger partial charge in [-0.25, -0.2) is 4.79 Å². The van der Waals surface area contributed by atoms with Crippen molar-refractivity contribution in [2.24, 2.45) is 11.8 Å². The van der Waals surface area contributed by atoms with E-state index >= 15 is 0 Å². The van der Waals surface area contributed by atoms with Crippen LogP contribution in [-0.4, -0.2) is 60.6 Å². The highest BCUT2D eigenvalue weighted by Gasteiger charge is 2.33. The molecular formula is C26H30N4O5. The van der Waals surface area contributed by atoms with E-state index in [1.807, 2.05) is 35.2 Å². The fraction of sp³-hybridized carbons (Fsp3) is 0.423. The van der Waals surface area contributed by atoms with E-state index in [1.165, 1.54) is 0 Å². The number of para-hydroxylation sites is 1. The number of carbonyl (C=O) groups excluding carboxylic acids is 3. The van der Waals surface area contributed by atoms with E-state index < -0.39 is 0 Å². The number of hydrogen-bond donors (Lipinski definition) is 2. The Balaban J connectivity index is 1.06. The molecule has 0 saturated carbocycles. The lowest BCUT2D eigenvalue weighted by Gasteiger charge is -2.37. The summed E-state index contributed by atoms with van der Waals surface area (Å²) in [5, 5.41) is 5.86. The minimum Gasteiger partial charge on any atom is -0.454 e. The van der Waals surface area contributed by atoms with E-state index in [1.54, 1.807) is 23.1 Å². The molecule has 0 spiro atoms. The molecule has 9 heteroatoms. The quantitative estimate of drug-likeness (QED) is 0.700. The Labute approximate surface area is 204 Å². The molecule has 0 unspecified atom stereocenters. The summed E-state index contributed by atoms with van der Waals surface area (Å²) in [7, 11) is 0. The van der Waals surface area contributed by atoms with Gasteiger partial charge in [0.2, 0.25) is 18.6 Å². The lowest BCUT2D eigenvalue weighted by atomic mass is 9.91. The standard InChI is InChI=1S/C26H30N4O5/c31-24(27-21-6-7-22-23(16-21)35-17-34-22)18-8-12-29(13-9-18)25(32)19-10-14-30(15-11-19)26(33)28-20-4-2-1-3-5-20/h1-7,16,18-19H,8-15,17H2,(H,27,31)(H,28,33). The topological polar surface area (TPSA) is 100 Å². The Morgan fingerprint density at radius 2 is 1.37 bits per heavy atom. The van der Waals surface area contributed by atoms with Gasteiger partial charge in [-0.05, 0) is 49.9 Å². The summed E-state index contributed by atoms with van der Waals surface area (Å²) < 4.78 is 10.7. The minimum absolute atomic E-state index is 0.0336. The molecule has 2 aromatic rings. The highest BCUT2D eigenvalue weighted by atomic mass is 16.7. The molecule has 184 valence electrons. The summed E-state index contributed by atoms with van der Waals surface area (Å²) in [5.74, 6) is 1.21. The number of nitrogens with one attached hydrogen (secondary N) is 2. The average molecular weight is 479 g/mol. The number of fused-ring (bicyclic) bond motifs is 1. The number of rotatable bonds is 4. The number of benzene rings is 2. The Morgan fingerprint density at radius 3 is 2.11 bits per heavy atom. The van der Waals surface area contributed by atoms with Gasteiger partial charge >= 0.3 is 6.03 Å². The van der Waals surface area contributed by atoms with Crippen LogP contribution in [0.4, 0.5) is 16.2 Å². The van der Waals surface area contributed by atoms with Crippen LogP contribution >= 0.6 is 0 Å². The second-order valence-corrected chi connectivity index (χ2v) is 9.21. The maximum atomic E-state index is 13.1. The normalized spacial score (nSPS) is 18.3. The molecule has 9 nitrogen and oxygen atoms in total. The first-order valence-corrected chi connectivity index (χ1v) is 12.2. The van der Waals surface area contributed by atoms with Crippen molar-refractivity contribution >= 4 is 29.2 Å². The third-order valence-corrected chi connectivity index (χ3v) is 6.97. The first kappa shape index (κ1) is 23.0. The molecule has 3 heterocycles. The minimum atomic E-state index is -0.131. The van der Waals surface area contributed by atoms with Crippen molar-refractivity contribution in [1.29, 1.82) is 0 Å². The summed E-state index contributed by atoms with van der Waals surface area (Å²) in [5.41, 5.74) is 1.45. The van der Waals surface area contributed by atoms with Crippen LogP contribution < -0.4 is 20.1 Å². The fourth-order valence-electron chi connectivity index (χ4n) is 4.89. The maximum Gasteiger partial charge on any atom is 0.321 e. The summed E-state index contributed by atoms with van der Waals surface area (Å²) >= 11 is 0. The Morgan fingerprint density at radius 1 is 0.714 bits per heavy atom. The van der Waals surface area contributed by atoms with Crippen molar-refractivity contribution in [2.45, 2.75) is 25.7 Å². The smallest absolute Gasteiger partial charge is 0.321 e. The van der Waals surface area contributed by atoms with E-state index in [0.717, 1.165) is 5.69 Å². The molecule has 2 fully saturated rings. The lowest BCUT2D eigenvalue weighted by Crippen LogP contribution is -2.48. The van der Waals surface area contributed by atoms with Gasteiger partial charge in [0.15, 0.2) is 11.5 Å². The highest BCUT2D eigenvalue weighted by Crippen LogP contribution is 2.34. The van der Waals surface area contributed by atoms with Crippen LogP contribution in [0.15, 0.2) is 48.5 Å². The zero-order chi connectivity index (χ0) is 24.2. The molecule has 0 aliphatic carbocycles. The van der Waals surface area contributed by atoms with Crippen LogP contribution in [0, 0.1) is 11.8 Å². The number of piperidine rings is 2. The largest absolute Gasteiger partial charge is 0.454 e. The molecule has 4 amide bonds. The maximum absolute atomic E-state index is 13.1. The number of likely N-dealkylation sites (tertiary alicyclic amines) is 2. The Hall–Kier alpha value is -3.75. The van der Waals surface area contributed by atoms with Crippen molar-refractivity contribution in [1.82, 2.24) is 9.80 Å². The van der Waals surface area contributed by atoms with E-state index in [4.69, 9.17) is 9.47 Å². The van der Waals surface area contributed by atoms with Crippen molar-refractivity contribution < 1.29 is 23.9 Å². The molecule has 0 atom stereocenters. The summed E-state index contributed by atoms with van der Waals surface area (Å²) in [4.78, 5) is 42.0. The van der Waals surface area contributed by atoms with Gasteiger partial charge in [0.05, 0.1) is 0 Å². The lowest BCUT2D eigenvalue weighted by molar-refractivity contribution is -0.139. The van der Waals surface area contributed by atoms with Crippen LogP contribution in [0.2, 0.25) is 0 Å². The van der Waals surface area contributed by atoms with E-state index in [0.29, 0.717) is 69.0 Å². The number of ether oxygens (including phenoxy) is 2. The molecule has 3 aliphatic rings. The van der Waals surface area contributed by atoms with Crippen LogP contribution in [0.5, 0.6) is 11.5 Å². The third kappa shape index (κ3) is 5.34. The van der Waals surface area contributed by atoms with Crippen LogP contribution in [-0.2, 0) is 9.59 Å².